The SMILES string of the molecule is CC(NC(=O)OCc1ccccc1)C(=O)N[C@H](CCC(=O)N1CCC[C@H]1C(=O)O)C(=O)O. The molecule has 1 aliphatic rings. The van der Waals surface area contributed by atoms with E-state index in [2.05, 4.69) is 10.6 Å². The van der Waals surface area contributed by atoms with Crippen LogP contribution < -0.4 is 10.6 Å². The predicted octanol–water partition coefficient (Wildman–Crippen LogP) is 0.727. The minimum absolute atomic E-state index is 0.00864. The van der Waals surface area contributed by atoms with Crippen molar-refractivity contribution in [3.63, 3.8) is 0 Å². The lowest BCUT2D eigenvalue weighted by Gasteiger charge is -2.23. The number of hydrogen-bond donors (Lipinski definition) is 4. The summed E-state index contributed by atoms with van der Waals surface area (Å²) >= 11 is 0. The maximum absolute atomic E-state index is 12.3. The van der Waals surface area contributed by atoms with E-state index < -0.39 is 48.0 Å². The molecule has 1 aromatic carbocycles. The van der Waals surface area contributed by atoms with Crippen LogP contribution >= 0.6 is 0 Å². The van der Waals surface area contributed by atoms with E-state index in [4.69, 9.17) is 9.84 Å². The van der Waals surface area contributed by atoms with Crippen molar-refractivity contribution >= 4 is 29.8 Å². The van der Waals surface area contributed by atoms with Crippen LogP contribution in [0.2, 0.25) is 0 Å². The van der Waals surface area contributed by atoms with E-state index in [1.165, 1.54) is 11.8 Å². The first-order valence-electron chi connectivity index (χ1n) is 10.2. The molecule has 11 heteroatoms. The number of carboxylic acids is 2. The summed E-state index contributed by atoms with van der Waals surface area (Å²) in [4.78, 5) is 60.4. The van der Waals surface area contributed by atoms with Crippen LogP contribution in [0, 0.1) is 0 Å². The highest BCUT2D eigenvalue weighted by molar-refractivity contribution is 5.89. The molecule has 32 heavy (non-hydrogen) atoms. The second kappa shape index (κ2) is 11.7. The first kappa shape index (κ1) is 24.6. The first-order chi connectivity index (χ1) is 15.2. The standard InChI is InChI=1S/C21H27N3O8/c1-13(22-21(31)32-12-14-6-3-2-4-7-14)18(26)23-15(19(27)28)9-10-17(25)24-11-5-8-16(24)20(29)30/h2-4,6-7,13,15-16H,5,8-12H2,1H3,(H,22,31)(H,23,26)(H,27,28)(H,29,30)/t13?,15-,16+/m1/s1. The molecule has 1 heterocycles. The van der Waals surface area contributed by atoms with Gasteiger partial charge in [-0.3, -0.25) is 9.59 Å². The molecule has 3 amide bonds. The van der Waals surface area contributed by atoms with Gasteiger partial charge in [0.1, 0.15) is 24.7 Å². The maximum Gasteiger partial charge on any atom is 0.408 e. The fraction of sp³-hybridized carbons (Fsp3) is 0.476. The van der Waals surface area contributed by atoms with Gasteiger partial charge in [0.15, 0.2) is 0 Å². The molecule has 3 atom stereocenters. The summed E-state index contributed by atoms with van der Waals surface area (Å²) in [5, 5.41) is 23.1. The number of rotatable bonds is 10. The van der Waals surface area contributed by atoms with E-state index in [1.54, 1.807) is 24.3 Å². The van der Waals surface area contributed by atoms with Gasteiger partial charge in [-0.15, -0.1) is 0 Å². The van der Waals surface area contributed by atoms with Crippen molar-refractivity contribution in [3.8, 4) is 0 Å². The van der Waals surface area contributed by atoms with Crippen LogP contribution in [0.1, 0.15) is 38.2 Å². The molecule has 0 bridgehead atoms. The second-order valence-corrected chi connectivity index (χ2v) is 7.45. The Hall–Kier alpha value is -3.63. The van der Waals surface area contributed by atoms with Gasteiger partial charge in [-0.2, -0.15) is 0 Å². The summed E-state index contributed by atoms with van der Waals surface area (Å²) in [5.74, 6) is -3.68. The lowest BCUT2D eigenvalue weighted by Crippen LogP contribution is -2.50. The highest BCUT2D eigenvalue weighted by Crippen LogP contribution is 2.19. The number of carbonyl (C=O) groups excluding carboxylic acids is 3. The molecule has 174 valence electrons. The minimum atomic E-state index is -1.37. The van der Waals surface area contributed by atoms with Gasteiger partial charge >= 0.3 is 18.0 Å². The fourth-order valence-corrected chi connectivity index (χ4v) is 3.29. The van der Waals surface area contributed by atoms with E-state index >= 15 is 0 Å². The van der Waals surface area contributed by atoms with Gasteiger partial charge in [-0.25, -0.2) is 14.4 Å². The molecule has 0 saturated carbocycles. The van der Waals surface area contributed by atoms with E-state index in [0.717, 1.165) is 5.56 Å². The van der Waals surface area contributed by atoms with E-state index in [-0.39, 0.29) is 19.4 Å². The monoisotopic (exact) mass is 449 g/mol. The normalized spacial score (nSPS) is 17.2. The Morgan fingerprint density at radius 2 is 1.81 bits per heavy atom. The van der Waals surface area contributed by atoms with Crippen LogP contribution in [0.15, 0.2) is 30.3 Å². The third-order valence-corrected chi connectivity index (χ3v) is 5.06. The van der Waals surface area contributed by atoms with Gasteiger partial charge in [-0.1, -0.05) is 30.3 Å². The zero-order valence-electron chi connectivity index (χ0n) is 17.7. The van der Waals surface area contributed by atoms with Crippen molar-refractivity contribution in [2.45, 2.75) is 57.3 Å². The highest BCUT2D eigenvalue weighted by Gasteiger charge is 2.34. The van der Waals surface area contributed by atoms with Crippen molar-refractivity contribution in [1.82, 2.24) is 15.5 Å². The van der Waals surface area contributed by atoms with Crippen molar-refractivity contribution in [1.29, 1.82) is 0 Å². The maximum atomic E-state index is 12.3. The lowest BCUT2D eigenvalue weighted by atomic mass is 10.1. The van der Waals surface area contributed by atoms with Crippen LogP contribution in [-0.4, -0.2) is 69.6 Å². The third-order valence-electron chi connectivity index (χ3n) is 5.06. The first-order valence-corrected chi connectivity index (χ1v) is 10.2. The van der Waals surface area contributed by atoms with Gasteiger partial charge in [0.25, 0.3) is 0 Å². The highest BCUT2D eigenvalue weighted by atomic mass is 16.5. The number of hydrogen-bond acceptors (Lipinski definition) is 6. The summed E-state index contributed by atoms with van der Waals surface area (Å²) < 4.78 is 5.02. The predicted molar refractivity (Wildman–Crippen MR) is 110 cm³/mol. The molecule has 0 spiro atoms. The molecule has 1 unspecified atom stereocenters. The number of carboxylic acid groups (broad SMARTS) is 2. The fourth-order valence-electron chi connectivity index (χ4n) is 3.29. The molecule has 2 rings (SSSR count). The van der Waals surface area contributed by atoms with Crippen LogP contribution in [0.3, 0.4) is 0 Å². The van der Waals surface area contributed by atoms with Crippen LogP contribution in [0.25, 0.3) is 0 Å². The second-order valence-electron chi connectivity index (χ2n) is 7.45. The Balaban J connectivity index is 1.81. The topological polar surface area (TPSA) is 162 Å². The number of amides is 3. The average Bonchev–Trinajstić information content (AvgIpc) is 3.25. The van der Waals surface area contributed by atoms with Gasteiger partial charge in [-0.05, 0) is 31.7 Å². The zero-order chi connectivity index (χ0) is 23.7. The Morgan fingerprint density at radius 3 is 2.44 bits per heavy atom. The summed E-state index contributed by atoms with van der Waals surface area (Å²) in [6.45, 7) is 1.67. The zero-order valence-corrected chi connectivity index (χ0v) is 17.7. The number of nitrogens with one attached hydrogen (secondary N) is 2. The summed E-state index contributed by atoms with van der Waals surface area (Å²) in [6, 6.07) is 5.56. The molecule has 0 aliphatic carbocycles. The van der Waals surface area contributed by atoms with Crippen molar-refractivity contribution in [3.05, 3.63) is 35.9 Å². The van der Waals surface area contributed by atoms with E-state index in [0.29, 0.717) is 19.4 Å². The van der Waals surface area contributed by atoms with Crippen LogP contribution in [0.4, 0.5) is 4.79 Å². The minimum Gasteiger partial charge on any atom is -0.480 e. The summed E-state index contributed by atoms with van der Waals surface area (Å²) in [7, 11) is 0. The van der Waals surface area contributed by atoms with Gasteiger partial charge in [0, 0.05) is 13.0 Å². The average molecular weight is 449 g/mol. The number of benzene rings is 1. The number of likely N-dealkylation sites (tertiary alicyclic amines) is 1. The number of aliphatic carboxylic acids is 2. The van der Waals surface area contributed by atoms with Crippen molar-refractivity contribution in [2.75, 3.05) is 6.54 Å². The molecular weight excluding hydrogens is 422 g/mol. The van der Waals surface area contributed by atoms with Gasteiger partial charge < -0.3 is 30.5 Å². The van der Waals surface area contributed by atoms with Crippen molar-refractivity contribution in [2.24, 2.45) is 0 Å². The quantitative estimate of drug-likeness (QED) is 0.406. The Kier molecular flexibility index (Phi) is 8.99. The molecule has 1 aliphatic heterocycles. The molecule has 4 N–H and O–H groups in total. The molecular formula is C21H27N3O8. The van der Waals surface area contributed by atoms with Gasteiger partial charge in [0.05, 0.1) is 0 Å². The van der Waals surface area contributed by atoms with Gasteiger partial charge in [0.2, 0.25) is 11.8 Å². The summed E-state index contributed by atoms with van der Waals surface area (Å²) in [6.07, 6.45) is -0.377. The molecule has 0 aromatic heterocycles. The summed E-state index contributed by atoms with van der Waals surface area (Å²) in [5.41, 5.74) is 0.763. The number of alkyl carbamates (subject to hydrolysis) is 1. The van der Waals surface area contributed by atoms with Crippen LogP contribution in [-0.2, 0) is 30.5 Å². The largest absolute Gasteiger partial charge is 0.480 e. The number of nitrogens with zero attached hydrogens (tertiary/aromatic N) is 1. The molecule has 11 nitrogen and oxygen atoms in total. The molecule has 1 aromatic rings. The van der Waals surface area contributed by atoms with E-state index in [1.807, 2.05) is 6.07 Å². The Morgan fingerprint density at radius 1 is 1.12 bits per heavy atom. The van der Waals surface area contributed by atoms with Crippen molar-refractivity contribution < 1.29 is 38.9 Å². The smallest absolute Gasteiger partial charge is 0.408 e. The lowest BCUT2D eigenvalue weighted by molar-refractivity contribution is -0.148. The molecule has 1 saturated heterocycles. The van der Waals surface area contributed by atoms with E-state index in [9.17, 15) is 29.1 Å². The number of ether oxygens (including phenoxy) is 1. The molecule has 0 radical (unpaired) electrons. The molecule has 1 fully saturated rings. The number of carbonyl (C=O) groups is 5. The Labute approximate surface area is 184 Å². The van der Waals surface area contributed by atoms with Crippen LogP contribution in [0.5, 0.6) is 0 Å². The Bertz CT molecular complexity index is 845. The third kappa shape index (κ3) is 7.25.